The molecule has 0 N–H and O–H groups in total. The summed E-state index contributed by atoms with van der Waals surface area (Å²) in [5, 5.41) is 27.9. The van der Waals surface area contributed by atoms with Gasteiger partial charge in [-0.1, -0.05) is 315 Å². The van der Waals surface area contributed by atoms with Crippen molar-refractivity contribution in [3.63, 3.8) is 0 Å². The predicted octanol–water partition coefficient (Wildman–Crippen LogP) is 30.5. The molecule has 0 aliphatic carbocycles. The minimum atomic E-state index is 1.16. The molecule has 21 aromatic carbocycles. The van der Waals surface area contributed by atoms with Gasteiger partial charge < -0.3 is 18.3 Å². The molecule has 0 aliphatic heterocycles. The molecule has 4 heteroatoms. The van der Waals surface area contributed by atoms with Gasteiger partial charge >= 0.3 is 0 Å². The van der Waals surface area contributed by atoms with Crippen molar-refractivity contribution in [3.05, 3.63) is 425 Å². The number of aromatic nitrogens is 4. The fraction of sp³-hybridized carbons (Fsp3) is 0. The molecule has 25 aromatic rings. The fourth-order valence-corrected chi connectivity index (χ4v) is 19.5. The smallest absolute Gasteiger partial charge is 0.0547 e. The van der Waals surface area contributed by atoms with Crippen molar-refractivity contribution < 1.29 is 0 Å². The van der Waals surface area contributed by atoms with E-state index in [2.05, 4.69) is 443 Å². The normalized spacial score (nSPS) is 12.0. The van der Waals surface area contributed by atoms with E-state index >= 15 is 0 Å². The summed E-state index contributed by atoms with van der Waals surface area (Å²) in [5.41, 5.74) is 24.1. The minimum Gasteiger partial charge on any atom is -0.309 e. The average molecular weight is 1470 g/mol. The van der Waals surface area contributed by atoms with Crippen LogP contribution >= 0.6 is 0 Å². The van der Waals surface area contributed by atoms with Crippen LogP contribution in [0.2, 0.25) is 0 Å². The van der Waals surface area contributed by atoms with Crippen LogP contribution in [-0.2, 0) is 0 Å². The Hall–Kier alpha value is -15.4. The van der Waals surface area contributed by atoms with Crippen LogP contribution in [0.4, 0.5) is 0 Å². The topological polar surface area (TPSA) is 19.7 Å². The van der Waals surface area contributed by atoms with E-state index in [0.29, 0.717) is 0 Å². The molecule has 25 rings (SSSR count). The second-order valence-corrected chi connectivity index (χ2v) is 30.9. The Morgan fingerprint density at radius 2 is 0.388 bits per heavy atom. The second-order valence-electron chi connectivity index (χ2n) is 30.9. The molecule has 0 fully saturated rings. The summed E-state index contributed by atoms with van der Waals surface area (Å²) in [7, 11) is 0. The second kappa shape index (κ2) is 26.1. The summed E-state index contributed by atoms with van der Waals surface area (Å²) in [6.45, 7) is 0. The van der Waals surface area contributed by atoms with E-state index in [9.17, 15) is 0 Å². The van der Waals surface area contributed by atoms with Crippen molar-refractivity contribution in [2.45, 2.75) is 0 Å². The number of benzene rings is 21. The van der Waals surface area contributed by atoms with E-state index in [1.165, 1.54) is 219 Å². The van der Waals surface area contributed by atoms with Gasteiger partial charge in [-0.3, -0.25) is 0 Å². The highest BCUT2D eigenvalue weighted by atomic mass is 15.0. The third-order valence-corrected chi connectivity index (χ3v) is 24.8. The third kappa shape index (κ3) is 10.1. The number of hydrogen-bond donors (Lipinski definition) is 0. The third-order valence-electron chi connectivity index (χ3n) is 24.8. The van der Waals surface area contributed by atoms with Crippen LogP contribution in [0.5, 0.6) is 0 Å². The lowest BCUT2D eigenvalue weighted by atomic mass is 9.90. The Morgan fingerprint density at radius 3 is 0.810 bits per heavy atom. The molecule has 0 amide bonds. The number of rotatable bonds is 8. The first kappa shape index (κ1) is 65.4. The Morgan fingerprint density at radius 1 is 0.121 bits per heavy atom. The van der Waals surface area contributed by atoms with E-state index < -0.39 is 0 Å². The van der Waals surface area contributed by atoms with Gasteiger partial charge in [0, 0.05) is 65.2 Å². The molecule has 0 saturated heterocycles. The molecule has 0 bridgehead atoms. The number of fused-ring (bicyclic) bond motifs is 25. The van der Waals surface area contributed by atoms with Crippen molar-refractivity contribution in [1.29, 1.82) is 0 Å². The standard InChI is InChI=1S/C58H36N2.C54H34N2/c1-2-14-37(15-3-1)38-26-30-41(31-27-38)59-53-24-12-10-20-46(53)50-34-39(28-32-55(50)59)40-29-33-56-51(35-40)47-21-11-13-25-54(47)60(56)57-36-52-44-18-5-4-16-42(44)43-17-6-8-22-48(43)58(52)49-23-9-7-19-45(49)57;1-2-12-35(13-3-1)36-24-28-41(29-25-36)55-49-20-10-8-17-44(49)47-32-38(26-30-51(47)55)39-27-31-52-48(33-39)45-18-9-11-21-50(45)56(52)53-34-40-23-22-37-14-4-5-15-42(37)54(40)46-19-7-6-16-43(46)53/h1-36H;1-34H. The van der Waals surface area contributed by atoms with Crippen molar-refractivity contribution in [2.24, 2.45) is 0 Å². The number of hydrogen-bond acceptors (Lipinski definition) is 0. The molecular weight excluding hydrogens is 1400 g/mol. The maximum Gasteiger partial charge on any atom is 0.0547 e. The minimum absolute atomic E-state index is 1.16. The molecule has 0 radical (unpaired) electrons. The number of nitrogens with zero attached hydrogens (tertiary/aromatic N) is 4. The molecule has 0 aliphatic rings. The molecule has 538 valence electrons. The van der Waals surface area contributed by atoms with Gasteiger partial charge in [-0.2, -0.15) is 0 Å². The lowest BCUT2D eigenvalue weighted by molar-refractivity contribution is 1.18. The van der Waals surface area contributed by atoms with Gasteiger partial charge in [0.25, 0.3) is 0 Å². The molecule has 0 spiro atoms. The predicted molar refractivity (Wildman–Crippen MR) is 495 cm³/mol. The summed E-state index contributed by atoms with van der Waals surface area (Å²) in [4.78, 5) is 0. The Labute approximate surface area is 668 Å². The van der Waals surface area contributed by atoms with Crippen LogP contribution in [0.15, 0.2) is 425 Å². The first-order valence-corrected chi connectivity index (χ1v) is 40.1. The van der Waals surface area contributed by atoms with E-state index in [0.717, 1.165) is 11.4 Å². The Balaban J connectivity index is 0.000000134. The van der Waals surface area contributed by atoms with Gasteiger partial charge in [0.05, 0.1) is 55.5 Å². The molecule has 0 atom stereocenters. The van der Waals surface area contributed by atoms with Gasteiger partial charge in [0.15, 0.2) is 0 Å². The van der Waals surface area contributed by atoms with E-state index in [4.69, 9.17) is 0 Å². The van der Waals surface area contributed by atoms with Gasteiger partial charge in [-0.15, -0.1) is 0 Å². The van der Waals surface area contributed by atoms with Gasteiger partial charge in [-0.25, -0.2) is 0 Å². The Bertz CT molecular complexity index is 8360. The lowest BCUT2D eigenvalue weighted by Gasteiger charge is -2.17. The highest BCUT2D eigenvalue weighted by Gasteiger charge is 2.24. The summed E-state index contributed by atoms with van der Waals surface area (Å²) >= 11 is 0. The molecule has 4 heterocycles. The first-order valence-electron chi connectivity index (χ1n) is 40.1. The van der Waals surface area contributed by atoms with Crippen molar-refractivity contribution in [1.82, 2.24) is 18.3 Å². The van der Waals surface area contributed by atoms with Gasteiger partial charge in [0.1, 0.15) is 0 Å². The van der Waals surface area contributed by atoms with Crippen molar-refractivity contribution >= 4 is 163 Å². The summed E-state index contributed by atoms with van der Waals surface area (Å²) in [6, 6.07) is 156. The molecule has 4 aromatic heterocycles. The van der Waals surface area contributed by atoms with Crippen LogP contribution in [0, 0.1) is 0 Å². The largest absolute Gasteiger partial charge is 0.309 e. The zero-order chi connectivity index (χ0) is 76.1. The Kier molecular flexibility index (Phi) is 14.7. The maximum absolute atomic E-state index is 2.50. The first-order chi connectivity index (χ1) is 57.6. The molecule has 116 heavy (non-hydrogen) atoms. The number of para-hydroxylation sites is 4. The maximum atomic E-state index is 2.50. The van der Waals surface area contributed by atoms with E-state index in [1.54, 1.807) is 0 Å². The van der Waals surface area contributed by atoms with Crippen LogP contribution in [0.1, 0.15) is 0 Å². The van der Waals surface area contributed by atoms with Gasteiger partial charge in [-0.05, 0) is 218 Å². The molecule has 4 nitrogen and oxygen atoms in total. The lowest BCUT2D eigenvalue weighted by Crippen LogP contribution is -1.97. The molecule has 0 saturated carbocycles. The molecular formula is C112H70N4. The quantitative estimate of drug-likeness (QED) is 0.135. The fourth-order valence-electron chi connectivity index (χ4n) is 19.5. The average Bonchev–Trinajstić information content (AvgIpc) is 1.33. The summed E-state index contributed by atoms with van der Waals surface area (Å²) in [5.74, 6) is 0. The monoisotopic (exact) mass is 1470 g/mol. The zero-order valence-electron chi connectivity index (χ0n) is 63.2. The zero-order valence-corrected chi connectivity index (χ0v) is 63.2. The van der Waals surface area contributed by atoms with Crippen LogP contribution in [-0.4, -0.2) is 18.3 Å². The van der Waals surface area contributed by atoms with Crippen molar-refractivity contribution in [2.75, 3.05) is 0 Å². The van der Waals surface area contributed by atoms with Gasteiger partial charge in [0.2, 0.25) is 0 Å². The SMILES string of the molecule is c1ccc(-c2ccc(-n3c4ccccc4c4cc(-c5ccc6c(c5)c5ccccc5n6-c5cc6c7ccccc7c7ccccc7c6c6ccccc56)ccc43)cc2)cc1.c1ccc(-c2ccc(-n3c4ccccc4c4cc(-c5ccc6c(c5)c5ccccc5n6-c5cc6ccc7ccccc7c6c6ccccc56)ccc43)cc2)cc1. The highest BCUT2D eigenvalue weighted by Crippen LogP contribution is 2.47. The summed E-state index contributed by atoms with van der Waals surface area (Å²) in [6.07, 6.45) is 0. The van der Waals surface area contributed by atoms with E-state index in [1.807, 2.05) is 0 Å². The summed E-state index contributed by atoms with van der Waals surface area (Å²) < 4.78 is 9.78. The van der Waals surface area contributed by atoms with Crippen LogP contribution in [0.25, 0.3) is 230 Å². The molecule has 0 unspecified atom stereocenters. The highest BCUT2D eigenvalue weighted by molar-refractivity contribution is 6.33. The van der Waals surface area contributed by atoms with Crippen LogP contribution < -0.4 is 0 Å². The van der Waals surface area contributed by atoms with Crippen molar-refractivity contribution in [3.8, 4) is 67.3 Å². The van der Waals surface area contributed by atoms with Crippen LogP contribution in [0.3, 0.4) is 0 Å². The van der Waals surface area contributed by atoms with E-state index in [-0.39, 0.29) is 0 Å².